The predicted molar refractivity (Wildman–Crippen MR) is 124 cm³/mol. The molecule has 31 heavy (non-hydrogen) atoms. The second-order valence-corrected chi connectivity index (χ2v) is 7.61. The first kappa shape index (κ1) is 20.9. The Kier molecular flexibility index (Phi) is 6.21. The summed E-state index contributed by atoms with van der Waals surface area (Å²) in [5, 5.41) is 14.3. The summed E-state index contributed by atoms with van der Waals surface area (Å²) in [6, 6.07) is 18.7. The van der Waals surface area contributed by atoms with E-state index < -0.39 is 6.10 Å². The lowest BCUT2D eigenvalue weighted by molar-refractivity contribution is 0.191. The highest BCUT2D eigenvalue weighted by Gasteiger charge is 2.18. The van der Waals surface area contributed by atoms with Crippen LogP contribution in [0.3, 0.4) is 0 Å². The van der Waals surface area contributed by atoms with Crippen LogP contribution in [-0.4, -0.2) is 26.6 Å². The molecule has 0 aliphatic rings. The van der Waals surface area contributed by atoms with Crippen molar-refractivity contribution in [3.05, 3.63) is 93.5 Å². The largest absolute Gasteiger partial charge is 0.387 e. The Balaban J connectivity index is 1.66. The highest BCUT2D eigenvalue weighted by molar-refractivity contribution is 6.30. The number of nitrogens with zero attached hydrogens (tertiary/aromatic N) is 1. The predicted octanol–water partition coefficient (Wildman–Crippen LogP) is 4.79. The van der Waals surface area contributed by atoms with Gasteiger partial charge in [-0.1, -0.05) is 61.0 Å². The van der Waals surface area contributed by atoms with Crippen LogP contribution < -0.4 is 10.9 Å². The number of halogens is 1. The number of aliphatic hydroxyl groups excluding tert-OH is 1. The average Bonchev–Trinajstić information content (AvgIpc) is 3.22. The number of aryl methyl sites for hydroxylation is 1. The zero-order chi connectivity index (χ0) is 21.8. The Morgan fingerprint density at radius 2 is 1.94 bits per heavy atom. The van der Waals surface area contributed by atoms with Gasteiger partial charge in [-0.25, -0.2) is 4.98 Å². The summed E-state index contributed by atoms with van der Waals surface area (Å²) < 4.78 is 0. The van der Waals surface area contributed by atoms with Crippen molar-refractivity contribution >= 4 is 17.3 Å². The fourth-order valence-corrected chi connectivity index (χ4v) is 3.73. The van der Waals surface area contributed by atoms with Crippen LogP contribution in [0.25, 0.3) is 22.6 Å². The number of hydrogen-bond acceptors (Lipinski definition) is 4. The van der Waals surface area contributed by atoms with Crippen LogP contribution in [0.5, 0.6) is 0 Å². The summed E-state index contributed by atoms with van der Waals surface area (Å²) in [6.45, 7) is 2.24. The fourth-order valence-electron chi connectivity index (χ4n) is 3.53. The molecule has 2 aromatic carbocycles. The Bertz CT molecular complexity index is 1230. The molecule has 4 rings (SSSR count). The Labute approximate surface area is 185 Å². The van der Waals surface area contributed by atoms with Crippen molar-refractivity contribution in [2.75, 3.05) is 11.9 Å². The molecule has 0 radical (unpaired) electrons. The number of aliphatic hydroxyl groups is 1. The summed E-state index contributed by atoms with van der Waals surface area (Å²) in [7, 11) is 0. The van der Waals surface area contributed by atoms with Crippen LogP contribution in [0.2, 0.25) is 5.02 Å². The van der Waals surface area contributed by atoms with E-state index in [0.29, 0.717) is 27.7 Å². The van der Waals surface area contributed by atoms with E-state index in [4.69, 9.17) is 16.6 Å². The first-order valence-corrected chi connectivity index (χ1v) is 10.5. The molecule has 0 fully saturated rings. The van der Waals surface area contributed by atoms with Crippen LogP contribution >= 0.6 is 11.6 Å². The second kappa shape index (κ2) is 9.20. The molecule has 0 aliphatic carbocycles. The van der Waals surface area contributed by atoms with Gasteiger partial charge in [-0.05, 0) is 35.7 Å². The number of nitrogens with one attached hydrogen (secondary N) is 3. The Morgan fingerprint density at radius 3 is 2.68 bits per heavy atom. The van der Waals surface area contributed by atoms with Crippen molar-refractivity contribution in [2.45, 2.75) is 19.4 Å². The quantitative estimate of drug-likeness (QED) is 0.336. The van der Waals surface area contributed by atoms with E-state index in [1.54, 1.807) is 30.5 Å². The third-order valence-electron chi connectivity index (χ3n) is 5.09. The maximum Gasteiger partial charge on any atom is 0.261 e. The van der Waals surface area contributed by atoms with Crippen LogP contribution in [-0.2, 0) is 6.42 Å². The van der Waals surface area contributed by atoms with E-state index in [-0.39, 0.29) is 12.1 Å². The second-order valence-electron chi connectivity index (χ2n) is 7.17. The van der Waals surface area contributed by atoms with Gasteiger partial charge in [-0.15, -0.1) is 0 Å². The van der Waals surface area contributed by atoms with E-state index in [2.05, 4.69) is 15.3 Å². The number of H-pyrrole nitrogens is 2. The first-order chi connectivity index (χ1) is 15.1. The number of aromatic amines is 2. The first-order valence-electron chi connectivity index (χ1n) is 10.1. The Hall–Kier alpha value is -3.35. The molecule has 0 bridgehead atoms. The zero-order valence-corrected chi connectivity index (χ0v) is 17.8. The number of hydrogen-bond donors (Lipinski definition) is 4. The molecule has 2 heterocycles. The smallest absolute Gasteiger partial charge is 0.261 e. The van der Waals surface area contributed by atoms with Gasteiger partial charge in [0.25, 0.3) is 5.56 Å². The van der Waals surface area contributed by atoms with Gasteiger partial charge in [0.1, 0.15) is 11.4 Å². The molecule has 7 heteroatoms. The normalized spacial score (nSPS) is 12.0. The van der Waals surface area contributed by atoms with Gasteiger partial charge in [-0.3, -0.25) is 4.79 Å². The lowest BCUT2D eigenvalue weighted by atomic mass is 10.1. The molecule has 4 N–H and O–H groups in total. The van der Waals surface area contributed by atoms with Gasteiger partial charge in [0.15, 0.2) is 0 Å². The lowest BCUT2D eigenvalue weighted by Gasteiger charge is -2.15. The maximum atomic E-state index is 12.7. The van der Waals surface area contributed by atoms with Crippen LogP contribution in [0.1, 0.15) is 24.3 Å². The molecular weight excluding hydrogens is 412 g/mol. The maximum absolute atomic E-state index is 12.7. The minimum Gasteiger partial charge on any atom is -0.387 e. The molecule has 6 nitrogen and oxygen atoms in total. The molecule has 4 aromatic rings. The monoisotopic (exact) mass is 434 g/mol. The van der Waals surface area contributed by atoms with Crippen LogP contribution in [0.15, 0.2) is 71.7 Å². The van der Waals surface area contributed by atoms with Crippen molar-refractivity contribution in [2.24, 2.45) is 0 Å². The van der Waals surface area contributed by atoms with Crippen molar-refractivity contribution in [3.63, 3.8) is 0 Å². The van der Waals surface area contributed by atoms with Gasteiger partial charge in [0.05, 0.1) is 23.2 Å². The lowest BCUT2D eigenvalue weighted by Crippen LogP contribution is -2.17. The third kappa shape index (κ3) is 4.55. The fraction of sp³-hybridized carbons (Fsp3) is 0.167. The minimum absolute atomic E-state index is 0.212. The Morgan fingerprint density at radius 1 is 1.13 bits per heavy atom. The summed E-state index contributed by atoms with van der Waals surface area (Å²) in [6.07, 6.45) is 1.51. The molecule has 158 valence electrons. The number of benzene rings is 2. The number of aromatic nitrogens is 3. The van der Waals surface area contributed by atoms with E-state index in [9.17, 15) is 9.90 Å². The number of rotatable bonds is 7. The zero-order valence-electron chi connectivity index (χ0n) is 17.0. The SMILES string of the molecule is CCc1nc(-c2c(NC[C@@H](O)c3cccc(Cl)c3)cc[nH]c2=O)[nH]c1-c1ccccc1. The van der Waals surface area contributed by atoms with Gasteiger partial charge in [0.2, 0.25) is 0 Å². The molecule has 0 aliphatic heterocycles. The topological polar surface area (TPSA) is 93.8 Å². The summed E-state index contributed by atoms with van der Waals surface area (Å²) in [5.41, 5.74) is 4.21. The van der Waals surface area contributed by atoms with Gasteiger partial charge >= 0.3 is 0 Å². The third-order valence-corrected chi connectivity index (χ3v) is 5.33. The average molecular weight is 435 g/mol. The summed E-state index contributed by atoms with van der Waals surface area (Å²) >= 11 is 6.02. The molecule has 2 aromatic heterocycles. The number of imidazole rings is 1. The minimum atomic E-state index is -0.784. The van der Waals surface area contributed by atoms with Crippen molar-refractivity contribution in [3.8, 4) is 22.6 Å². The molecule has 0 amide bonds. The van der Waals surface area contributed by atoms with Crippen LogP contribution in [0.4, 0.5) is 5.69 Å². The van der Waals surface area contributed by atoms with Crippen molar-refractivity contribution < 1.29 is 5.11 Å². The van der Waals surface area contributed by atoms with E-state index >= 15 is 0 Å². The molecule has 0 saturated heterocycles. The summed E-state index contributed by atoms with van der Waals surface area (Å²) in [5.74, 6) is 0.484. The van der Waals surface area contributed by atoms with Gasteiger partial charge in [0, 0.05) is 17.8 Å². The molecule has 0 spiro atoms. The number of anilines is 1. The van der Waals surface area contributed by atoms with E-state index in [1.807, 2.05) is 43.3 Å². The molecule has 0 unspecified atom stereocenters. The highest BCUT2D eigenvalue weighted by Crippen LogP contribution is 2.29. The van der Waals surface area contributed by atoms with E-state index in [0.717, 1.165) is 23.4 Å². The van der Waals surface area contributed by atoms with Crippen molar-refractivity contribution in [1.82, 2.24) is 15.0 Å². The summed E-state index contributed by atoms with van der Waals surface area (Å²) in [4.78, 5) is 23.4. The van der Waals surface area contributed by atoms with E-state index in [1.165, 1.54) is 0 Å². The van der Waals surface area contributed by atoms with Crippen LogP contribution in [0, 0.1) is 0 Å². The molecule has 0 saturated carbocycles. The molecule has 1 atom stereocenters. The van der Waals surface area contributed by atoms with Crippen molar-refractivity contribution in [1.29, 1.82) is 0 Å². The molecular formula is C24H23ClN4O2. The highest BCUT2D eigenvalue weighted by atomic mass is 35.5. The standard InChI is InChI=1S/C24H23ClN4O2/c1-2-18-22(15-7-4-3-5-8-15)29-23(28-18)21-19(11-12-26-24(21)31)27-14-20(30)16-9-6-10-17(25)13-16/h3-13,20,30H,2,14H2,1H3,(H,28,29)(H2,26,27,31)/t20-/m1/s1. The van der Waals surface area contributed by atoms with Gasteiger partial charge in [-0.2, -0.15) is 0 Å². The number of pyridine rings is 1. The van der Waals surface area contributed by atoms with Gasteiger partial charge < -0.3 is 20.4 Å².